The second-order valence-corrected chi connectivity index (χ2v) is 5.89. The summed E-state index contributed by atoms with van der Waals surface area (Å²) in [6.07, 6.45) is 0.892. The third-order valence-electron chi connectivity index (χ3n) is 4.29. The second kappa shape index (κ2) is 8.02. The van der Waals surface area contributed by atoms with Crippen LogP contribution in [0.2, 0.25) is 0 Å². The molecule has 0 saturated heterocycles. The van der Waals surface area contributed by atoms with Crippen LogP contribution in [0, 0.1) is 13.8 Å². The Bertz CT molecular complexity index is 635. The Balaban J connectivity index is 2.30. The van der Waals surface area contributed by atoms with Gasteiger partial charge in [-0.05, 0) is 74.2 Å². The standard InChI is InChI=1S/C20H27NO2/c1-5-23-20-11-15(3)14(2)10-19(20)17(13-21)12-16-6-8-18(22-4)9-7-16/h6-11,17H,5,12-13,21H2,1-4H3. The number of hydrogen-bond acceptors (Lipinski definition) is 3. The van der Waals surface area contributed by atoms with Gasteiger partial charge in [0.15, 0.2) is 0 Å². The molecule has 0 saturated carbocycles. The predicted molar refractivity (Wildman–Crippen MR) is 95.6 cm³/mol. The minimum absolute atomic E-state index is 0.240. The SMILES string of the molecule is CCOc1cc(C)c(C)cc1C(CN)Cc1ccc(OC)cc1. The molecule has 2 aromatic rings. The van der Waals surface area contributed by atoms with E-state index in [2.05, 4.69) is 38.1 Å². The summed E-state index contributed by atoms with van der Waals surface area (Å²) < 4.78 is 11.1. The third kappa shape index (κ3) is 4.26. The Morgan fingerprint density at radius 1 is 1.04 bits per heavy atom. The van der Waals surface area contributed by atoms with Crippen LogP contribution in [0.1, 0.15) is 35.1 Å². The molecule has 1 unspecified atom stereocenters. The van der Waals surface area contributed by atoms with Crippen LogP contribution in [0.15, 0.2) is 36.4 Å². The van der Waals surface area contributed by atoms with Crippen molar-refractivity contribution in [3.63, 3.8) is 0 Å². The summed E-state index contributed by atoms with van der Waals surface area (Å²) in [4.78, 5) is 0. The molecule has 124 valence electrons. The maximum Gasteiger partial charge on any atom is 0.123 e. The number of methoxy groups -OCH3 is 1. The fraction of sp³-hybridized carbons (Fsp3) is 0.400. The average molecular weight is 313 g/mol. The summed E-state index contributed by atoms with van der Waals surface area (Å²) in [7, 11) is 1.68. The van der Waals surface area contributed by atoms with Crippen LogP contribution in [0.4, 0.5) is 0 Å². The zero-order valence-corrected chi connectivity index (χ0v) is 14.6. The summed E-state index contributed by atoms with van der Waals surface area (Å²) in [5, 5.41) is 0. The van der Waals surface area contributed by atoms with Crippen LogP contribution < -0.4 is 15.2 Å². The zero-order chi connectivity index (χ0) is 16.8. The van der Waals surface area contributed by atoms with E-state index >= 15 is 0 Å². The fourth-order valence-corrected chi connectivity index (χ4v) is 2.78. The maximum atomic E-state index is 6.08. The Hall–Kier alpha value is -2.00. The van der Waals surface area contributed by atoms with Crippen molar-refractivity contribution in [1.29, 1.82) is 0 Å². The second-order valence-electron chi connectivity index (χ2n) is 5.89. The molecule has 3 nitrogen and oxygen atoms in total. The smallest absolute Gasteiger partial charge is 0.123 e. The van der Waals surface area contributed by atoms with Crippen molar-refractivity contribution in [2.75, 3.05) is 20.3 Å². The lowest BCUT2D eigenvalue weighted by molar-refractivity contribution is 0.333. The lowest BCUT2D eigenvalue weighted by Gasteiger charge is -2.21. The number of ether oxygens (including phenoxy) is 2. The van der Waals surface area contributed by atoms with E-state index in [4.69, 9.17) is 15.2 Å². The summed E-state index contributed by atoms with van der Waals surface area (Å²) in [5.41, 5.74) is 11.1. The molecule has 0 aliphatic rings. The molecule has 2 aromatic carbocycles. The molecule has 0 spiro atoms. The molecule has 0 bridgehead atoms. The van der Waals surface area contributed by atoms with E-state index in [0.29, 0.717) is 13.2 Å². The maximum absolute atomic E-state index is 6.08. The van der Waals surface area contributed by atoms with E-state index in [1.54, 1.807) is 7.11 Å². The van der Waals surface area contributed by atoms with E-state index in [-0.39, 0.29) is 5.92 Å². The van der Waals surface area contributed by atoms with Gasteiger partial charge in [0.1, 0.15) is 11.5 Å². The predicted octanol–water partition coefficient (Wildman–Crippen LogP) is 4.00. The van der Waals surface area contributed by atoms with Crippen LogP contribution >= 0.6 is 0 Å². The molecule has 2 rings (SSSR count). The highest BCUT2D eigenvalue weighted by molar-refractivity contribution is 5.44. The molecule has 23 heavy (non-hydrogen) atoms. The average Bonchev–Trinajstić information content (AvgIpc) is 2.57. The van der Waals surface area contributed by atoms with Crippen molar-refractivity contribution in [1.82, 2.24) is 0 Å². The van der Waals surface area contributed by atoms with Gasteiger partial charge in [0, 0.05) is 5.92 Å². The van der Waals surface area contributed by atoms with Crippen molar-refractivity contribution >= 4 is 0 Å². The summed E-state index contributed by atoms with van der Waals surface area (Å²) in [6, 6.07) is 12.5. The van der Waals surface area contributed by atoms with Crippen LogP contribution in [0.3, 0.4) is 0 Å². The quantitative estimate of drug-likeness (QED) is 0.840. The van der Waals surface area contributed by atoms with Crippen LogP contribution in [-0.4, -0.2) is 20.3 Å². The number of hydrogen-bond donors (Lipinski definition) is 1. The van der Waals surface area contributed by atoms with Crippen molar-refractivity contribution in [3.05, 3.63) is 58.7 Å². The van der Waals surface area contributed by atoms with E-state index in [0.717, 1.165) is 17.9 Å². The normalized spacial score (nSPS) is 12.0. The van der Waals surface area contributed by atoms with Crippen molar-refractivity contribution in [2.45, 2.75) is 33.1 Å². The van der Waals surface area contributed by atoms with Gasteiger partial charge in [0.2, 0.25) is 0 Å². The van der Waals surface area contributed by atoms with Gasteiger partial charge in [-0.25, -0.2) is 0 Å². The van der Waals surface area contributed by atoms with Crippen LogP contribution in [0.5, 0.6) is 11.5 Å². The van der Waals surface area contributed by atoms with Gasteiger partial charge < -0.3 is 15.2 Å². The molecule has 0 amide bonds. The van der Waals surface area contributed by atoms with E-state index in [1.807, 2.05) is 19.1 Å². The van der Waals surface area contributed by atoms with Crippen LogP contribution in [0.25, 0.3) is 0 Å². The Morgan fingerprint density at radius 2 is 1.70 bits per heavy atom. The van der Waals surface area contributed by atoms with Gasteiger partial charge in [-0.3, -0.25) is 0 Å². The minimum atomic E-state index is 0.240. The summed E-state index contributed by atoms with van der Waals surface area (Å²) in [5.74, 6) is 2.07. The highest BCUT2D eigenvalue weighted by atomic mass is 16.5. The number of benzene rings is 2. The monoisotopic (exact) mass is 313 g/mol. The molecule has 0 fully saturated rings. The molecular formula is C20H27NO2. The molecule has 1 atom stereocenters. The molecular weight excluding hydrogens is 286 g/mol. The molecule has 0 heterocycles. The van der Waals surface area contributed by atoms with Gasteiger partial charge in [0.25, 0.3) is 0 Å². The molecule has 2 N–H and O–H groups in total. The van der Waals surface area contributed by atoms with E-state index in [1.165, 1.54) is 22.3 Å². The number of nitrogens with two attached hydrogens (primary N) is 1. The summed E-state index contributed by atoms with van der Waals surface area (Å²) in [6.45, 7) is 7.52. The minimum Gasteiger partial charge on any atom is -0.497 e. The van der Waals surface area contributed by atoms with Crippen molar-refractivity contribution in [2.24, 2.45) is 5.73 Å². The van der Waals surface area contributed by atoms with Gasteiger partial charge in [-0.1, -0.05) is 18.2 Å². The third-order valence-corrected chi connectivity index (χ3v) is 4.29. The highest BCUT2D eigenvalue weighted by Crippen LogP contribution is 2.32. The Morgan fingerprint density at radius 3 is 2.26 bits per heavy atom. The number of rotatable bonds is 7. The van der Waals surface area contributed by atoms with Gasteiger partial charge in [-0.15, -0.1) is 0 Å². The topological polar surface area (TPSA) is 44.5 Å². The van der Waals surface area contributed by atoms with Gasteiger partial charge in [-0.2, -0.15) is 0 Å². The van der Waals surface area contributed by atoms with Crippen molar-refractivity contribution < 1.29 is 9.47 Å². The fourth-order valence-electron chi connectivity index (χ4n) is 2.78. The Kier molecular flexibility index (Phi) is 6.05. The van der Waals surface area contributed by atoms with Crippen LogP contribution in [-0.2, 0) is 6.42 Å². The molecule has 3 heteroatoms. The number of aryl methyl sites for hydroxylation is 2. The summed E-state index contributed by atoms with van der Waals surface area (Å²) >= 11 is 0. The van der Waals surface area contributed by atoms with E-state index in [9.17, 15) is 0 Å². The molecule has 0 radical (unpaired) electrons. The van der Waals surface area contributed by atoms with Gasteiger partial charge >= 0.3 is 0 Å². The molecule has 0 aliphatic heterocycles. The van der Waals surface area contributed by atoms with Crippen molar-refractivity contribution in [3.8, 4) is 11.5 Å². The van der Waals surface area contributed by atoms with E-state index < -0.39 is 0 Å². The first-order chi connectivity index (χ1) is 11.1. The zero-order valence-electron chi connectivity index (χ0n) is 14.6. The lowest BCUT2D eigenvalue weighted by Crippen LogP contribution is -2.16. The Labute approximate surface area is 139 Å². The highest BCUT2D eigenvalue weighted by Gasteiger charge is 2.17. The molecule has 0 aliphatic carbocycles. The van der Waals surface area contributed by atoms with Gasteiger partial charge in [0.05, 0.1) is 13.7 Å². The molecule has 0 aromatic heterocycles. The first kappa shape index (κ1) is 17.4. The largest absolute Gasteiger partial charge is 0.497 e. The first-order valence-corrected chi connectivity index (χ1v) is 8.16. The lowest BCUT2D eigenvalue weighted by atomic mass is 9.89. The first-order valence-electron chi connectivity index (χ1n) is 8.16.